The zero-order valence-electron chi connectivity index (χ0n) is 20.1. The molecule has 0 spiro atoms. The van der Waals surface area contributed by atoms with Crippen LogP contribution in [0, 0.1) is 12.7 Å². The highest BCUT2D eigenvalue weighted by Gasteiger charge is 2.22. The van der Waals surface area contributed by atoms with Crippen LogP contribution < -0.4 is 4.74 Å². The molecule has 0 amide bonds. The van der Waals surface area contributed by atoms with E-state index in [0.717, 1.165) is 45.1 Å². The summed E-state index contributed by atoms with van der Waals surface area (Å²) < 4.78 is 20.3. The minimum Gasteiger partial charge on any atom is -0.493 e. The highest BCUT2D eigenvalue weighted by molar-refractivity contribution is 6.31. The van der Waals surface area contributed by atoms with E-state index in [-0.39, 0.29) is 11.4 Å². The lowest BCUT2D eigenvalue weighted by atomic mass is 9.86. The smallest absolute Gasteiger partial charge is 0.307 e. The number of halogens is 2. The van der Waals surface area contributed by atoms with Gasteiger partial charge in [-0.25, -0.2) is 4.39 Å². The molecule has 35 heavy (non-hydrogen) atoms. The van der Waals surface area contributed by atoms with Crippen molar-refractivity contribution < 1.29 is 24.1 Å². The first-order valence-electron chi connectivity index (χ1n) is 11.3. The number of ether oxygens (including phenoxy) is 1. The second-order valence-corrected chi connectivity index (χ2v) is 10.1. The third-order valence-electron chi connectivity index (χ3n) is 5.68. The summed E-state index contributed by atoms with van der Waals surface area (Å²) in [6.45, 7) is 7.69. The van der Waals surface area contributed by atoms with Gasteiger partial charge in [0.1, 0.15) is 11.6 Å². The molecule has 2 heterocycles. The molecule has 0 atom stereocenters. The van der Waals surface area contributed by atoms with E-state index in [1.165, 1.54) is 6.07 Å². The van der Waals surface area contributed by atoms with E-state index < -0.39 is 17.4 Å². The van der Waals surface area contributed by atoms with Crippen molar-refractivity contribution in [2.45, 2.75) is 46.1 Å². The van der Waals surface area contributed by atoms with Gasteiger partial charge in [0.15, 0.2) is 0 Å². The summed E-state index contributed by atoms with van der Waals surface area (Å²) in [4.78, 5) is 16.3. The molecule has 5 rings (SSSR count). The lowest BCUT2D eigenvalue weighted by Gasteiger charge is -2.21. The average Bonchev–Trinajstić information content (AvgIpc) is 2.76. The molecule has 182 valence electrons. The Hall–Kier alpha value is -3.22. The van der Waals surface area contributed by atoms with Crippen molar-refractivity contribution in [2.24, 2.45) is 0 Å². The first-order chi connectivity index (χ1) is 16.4. The fraction of sp³-hybridized carbons (Fsp3) is 0.286. The quantitative estimate of drug-likeness (QED) is 0.339. The number of carbonyl (C=O) groups is 1. The Balaban J connectivity index is 0.000000527. The Bertz CT molecular complexity index is 1440. The lowest BCUT2D eigenvalue weighted by molar-refractivity contribution is -0.136. The molecule has 0 bridgehead atoms. The van der Waals surface area contributed by atoms with Crippen LogP contribution >= 0.6 is 11.6 Å². The second kappa shape index (κ2) is 9.44. The Morgan fingerprint density at radius 2 is 1.91 bits per heavy atom. The number of benzene rings is 3. The van der Waals surface area contributed by atoms with Crippen LogP contribution in [0.1, 0.15) is 37.5 Å². The highest BCUT2D eigenvalue weighted by atomic mass is 35.5. The van der Waals surface area contributed by atoms with Crippen LogP contribution in [-0.4, -0.2) is 33.4 Å². The molecule has 0 unspecified atom stereocenters. The van der Waals surface area contributed by atoms with Crippen LogP contribution in [0.3, 0.4) is 0 Å². The van der Waals surface area contributed by atoms with E-state index in [4.69, 9.17) is 21.4 Å². The van der Waals surface area contributed by atoms with Gasteiger partial charge in [-0.05, 0) is 91.1 Å². The summed E-state index contributed by atoms with van der Waals surface area (Å²) in [5.41, 5.74) is 4.22. The minimum atomic E-state index is -0.952. The Morgan fingerprint density at radius 3 is 2.60 bits per heavy atom. The predicted octanol–water partition coefficient (Wildman–Crippen LogP) is 6.50. The van der Waals surface area contributed by atoms with Gasteiger partial charge in [0.2, 0.25) is 0 Å². The Kier molecular flexibility index (Phi) is 6.71. The molecule has 1 aliphatic heterocycles. The molecule has 1 aromatic heterocycles. The van der Waals surface area contributed by atoms with Crippen molar-refractivity contribution in [1.29, 1.82) is 0 Å². The van der Waals surface area contributed by atoms with Crippen LogP contribution in [0.5, 0.6) is 5.75 Å². The first kappa shape index (κ1) is 24.9. The minimum absolute atomic E-state index is 0.0299. The number of pyridine rings is 1. The van der Waals surface area contributed by atoms with E-state index >= 15 is 0 Å². The first-order valence-corrected chi connectivity index (χ1v) is 11.7. The predicted molar refractivity (Wildman–Crippen MR) is 137 cm³/mol. The summed E-state index contributed by atoms with van der Waals surface area (Å²) in [6.07, 6.45) is 2.35. The molecule has 0 saturated heterocycles. The summed E-state index contributed by atoms with van der Waals surface area (Å²) in [7, 11) is 0. The Morgan fingerprint density at radius 1 is 1.20 bits per heavy atom. The van der Waals surface area contributed by atoms with E-state index in [2.05, 4.69) is 4.98 Å². The van der Waals surface area contributed by atoms with Crippen molar-refractivity contribution in [3.05, 3.63) is 70.1 Å². The number of nitrogens with zero attached hydrogens (tertiary/aromatic N) is 1. The number of aliphatic carboxylic acids is 1. The number of hydrogen-bond donors (Lipinski definition) is 2. The van der Waals surface area contributed by atoms with Crippen LogP contribution in [0.4, 0.5) is 4.39 Å². The number of fused-ring (bicyclic) bond motifs is 1. The van der Waals surface area contributed by atoms with Gasteiger partial charge in [-0.15, -0.1) is 0 Å². The average molecular weight is 496 g/mol. The summed E-state index contributed by atoms with van der Waals surface area (Å²) in [6, 6.07) is 10.5. The van der Waals surface area contributed by atoms with E-state index in [9.17, 15) is 14.3 Å². The molecule has 7 heteroatoms. The molecule has 4 aromatic rings. The highest BCUT2D eigenvalue weighted by Crippen LogP contribution is 2.43. The maximum atomic E-state index is 14.5. The number of hydrogen-bond acceptors (Lipinski definition) is 4. The van der Waals surface area contributed by atoms with Gasteiger partial charge >= 0.3 is 5.97 Å². The number of aromatic nitrogens is 1. The van der Waals surface area contributed by atoms with Crippen molar-refractivity contribution in [1.82, 2.24) is 4.98 Å². The standard InChI is InChI=1S/C24H17ClFNO3.C4H10O/c1-12-8-14-9-18(25)19(26)10-17(14)23(16(12)11-21(28)29)15-2-3-20-22-13(5-7-30-20)4-6-27-24(15)22;1-4(2,3)5/h2-4,6,8-10H,5,7,11H2,1H3,(H,28,29);5H,1-3H3. The van der Waals surface area contributed by atoms with Gasteiger partial charge in [0.25, 0.3) is 0 Å². The largest absolute Gasteiger partial charge is 0.493 e. The lowest BCUT2D eigenvalue weighted by Crippen LogP contribution is -2.10. The number of rotatable bonds is 3. The molecule has 2 N–H and O–H groups in total. The second-order valence-electron chi connectivity index (χ2n) is 9.68. The number of aryl methyl sites for hydroxylation is 1. The van der Waals surface area contributed by atoms with Gasteiger partial charge in [0, 0.05) is 23.6 Å². The monoisotopic (exact) mass is 495 g/mol. The third-order valence-corrected chi connectivity index (χ3v) is 5.97. The molecule has 0 radical (unpaired) electrons. The van der Waals surface area contributed by atoms with Crippen LogP contribution in [0.15, 0.2) is 42.6 Å². The van der Waals surface area contributed by atoms with Crippen LogP contribution in [0.2, 0.25) is 5.02 Å². The van der Waals surface area contributed by atoms with Crippen LogP contribution in [0.25, 0.3) is 32.8 Å². The zero-order chi connectivity index (χ0) is 25.5. The van der Waals surface area contributed by atoms with Crippen molar-refractivity contribution in [2.75, 3.05) is 6.61 Å². The number of aliphatic hydroxyl groups is 1. The molecule has 1 aliphatic rings. The molecule has 3 aromatic carbocycles. The maximum Gasteiger partial charge on any atom is 0.307 e. The van der Waals surface area contributed by atoms with Gasteiger partial charge < -0.3 is 14.9 Å². The van der Waals surface area contributed by atoms with Gasteiger partial charge in [-0.2, -0.15) is 0 Å². The van der Waals surface area contributed by atoms with Crippen molar-refractivity contribution in [3.63, 3.8) is 0 Å². The fourth-order valence-corrected chi connectivity index (χ4v) is 4.54. The van der Waals surface area contributed by atoms with E-state index in [1.807, 2.05) is 31.2 Å². The van der Waals surface area contributed by atoms with Gasteiger partial charge in [0.05, 0.1) is 29.2 Å². The van der Waals surface area contributed by atoms with Gasteiger partial charge in [-0.3, -0.25) is 9.78 Å². The van der Waals surface area contributed by atoms with E-state index in [1.54, 1.807) is 33.0 Å². The summed E-state index contributed by atoms with van der Waals surface area (Å²) >= 11 is 6.03. The molecule has 0 aliphatic carbocycles. The normalized spacial score (nSPS) is 12.8. The SMILES string of the molecule is CC(C)(C)O.Cc1cc2cc(Cl)c(F)cc2c(-c2ccc3c4c(ccnc24)CCO3)c1CC(=O)O. The molecule has 5 nitrogen and oxygen atoms in total. The van der Waals surface area contributed by atoms with Crippen molar-refractivity contribution >= 4 is 39.2 Å². The summed E-state index contributed by atoms with van der Waals surface area (Å²) in [5.74, 6) is -0.740. The fourth-order valence-electron chi connectivity index (χ4n) is 4.37. The zero-order valence-corrected chi connectivity index (χ0v) is 20.8. The molecule has 0 saturated carbocycles. The maximum absolute atomic E-state index is 14.5. The number of carboxylic acids is 1. The summed E-state index contributed by atoms with van der Waals surface area (Å²) in [5, 5.41) is 20.4. The topological polar surface area (TPSA) is 79.7 Å². The Labute approximate surface area is 208 Å². The molecule has 0 fully saturated rings. The molecular weight excluding hydrogens is 469 g/mol. The van der Waals surface area contributed by atoms with Gasteiger partial charge in [-0.1, -0.05) is 17.7 Å². The van der Waals surface area contributed by atoms with Crippen molar-refractivity contribution in [3.8, 4) is 16.9 Å². The van der Waals surface area contributed by atoms with Crippen LogP contribution in [-0.2, 0) is 17.6 Å². The third kappa shape index (κ3) is 5.24. The molecular formula is C28H27ClFNO4. The van der Waals surface area contributed by atoms with E-state index in [0.29, 0.717) is 23.1 Å². The number of carboxylic acid groups (broad SMARTS) is 1.